The van der Waals surface area contributed by atoms with E-state index in [-0.39, 0.29) is 22.1 Å². The smallest absolute Gasteiger partial charge is 0.272 e. The van der Waals surface area contributed by atoms with Gasteiger partial charge in [0.25, 0.3) is 5.69 Å². The van der Waals surface area contributed by atoms with Crippen LogP contribution in [0.3, 0.4) is 0 Å². The van der Waals surface area contributed by atoms with Gasteiger partial charge < -0.3 is 5.32 Å². The molecule has 0 aliphatic heterocycles. The van der Waals surface area contributed by atoms with E-state index in [1.165, 1.54) is 0 Å². The van der Waals surface area contributed by atoms with Crippen molar-refractivity contribution in [2.75, 3.05) is 6.54 Å². The van der Waals surface area contributed by atoms with Crippen LogP contribution in [0.2, 0.25) is 0 Å². The Morgan fingerprint density at radius 2 is 1.90 bits per heavy atom. The van der Waals surface area contributed by atoms with Crippen LogP contribution in [0.5, 0.6) is 0 Å². The fraction of sp³-hybridized carbons (Fsp3) is 0.625. The van der Waals surface area contributed by atoms with Crippen LogP contribution in [-0.4, -0.2) is 11.5 Å². The fourth-order valence-corrected chi connectivity index (χ4v) is 1.87. The van der Waals surface area contributed by atoms with E-state index < -0.39 is 0 Å². The van der Waals surface area contributed by atoms with Crippen molar-refractivity contribution in [2.24, 2.45) is 11.3 Å². The lowest BCUT2D eigenvalue weighted by Gasteiger charge is -2.29. The minimum absolute atomic E-state index is 0.110. The summed E-state index contributed by atoms with van der Waals surface area (Å²) in [6, 6.07) is 5.56. The molecular weight excluding hydrogens is 252 g/mol. The van der Waals surface area contributed by atoms with Crippen molar-refractivity contribution in [2.45, 2.75) is 47.6 Å². The van der Waals surface area contributed by atoms with Crippen molar-refractivity contribution >= 4 is 5.69 Å². The topological polar surface area (TPSA) is 55.2 Å². The number of rotatable bonds is 5. The summed E-state index contributed by atoms with van der Waals surface area (Å²) in [6.07, 6.45) is 0. The summed E-state index contributed by atoms with van der Waals surface area (Å²) in [4.78, 5) is 10.7. The molecule has 0 aliphatic carbocycles. The molecule has 0 spiro atoms. The molecule has 0 amide bonds. The van der Waals surface area contributed by atoms with Crippen LogP contribution >= 0.6 is 0 Å². The maximum Gasteiger partial charge on any atom is 0.272 e. The van der Waals surface area contributed by atoms with E-state index in [0.717, 1.165) is 12.1 Å². The summed E-state index contributed by atoms with van der Waals surface area (Å²) in [7, 11) is 0. The van der Waals surface area contributed by atoms with Crippen molar-refractivity contribution in [3.63, 3.8) is 0 Å². The quantitative estimate of drug-likeness (QED) is 0.647. The first-order valence-corrected chi connectivity index (χ1v) is 7.11. The number of hydrogen-bond donors (Lipinski definition) is 1. The molecule has 1 rings (SSSR count). The van der Waals surface area contributed by atoms with Crippen LogP contribution in [0.4, 0.5) is 5.69 Å². The van der Waals surface area contributed by atoms with Crippen molar-refractivity contribution in [3.8, 4) is 0 Å². The van der Waals surface area contributed by atoms with Gasteiger partial charge in [-0.15, -0.1) is 0 Å². The number of nitro groups is 1. The zero-order chi connectivity index (χ0) is 15.5. The highest BCUT2D eigenvalue weighted by molar-refractivity contribution is 5.43. The molecule has 4 heteroatoms. The first-order chi connectivity index (χ1) is 9.12. The largest absolute Gasteiger partial charge is 0.310 e. The van der Waals surface area contributed by atoms with Crippen molar-refractivity contribution in [1.29, 1.82) is 0 Å². The lowest BCUT2D eigenvalue weighted by Crippen LogP contribution is -2.31. The molecule has 2 atom stereocenters. The Bertz CT molecular complexity index is 478. The summed E-state index contributed by atoms with van der Waals surface area (Å²) in [6.45, 7) is 13.6. The maximum atomic E-state index is 11.0. The van der Waals surface area contributed by atoms with Gasteiger partial charge >= 0.3 is 0 Å². The number of benzene rings is 1. The zero-order valence-corrected chi connectivity index (χ0v) is 13.4. The van der Waals surface area contributed by atoms with E-state index in [9.17, 15) is 10.1 Å². The first kappa shape index (κ1) is 16.6. The van der Waals surface area contributed by atoms with Crippen molar-refractivity contribution < 1.29 is 4.92 Å². The highest BCUT2D eigenvalue weighted by atomic mass is 16.6. The van der Waals surface area contributed by atoms with Crippen LogP contribution in [0.15, 0.2) is 18.2 Å². The highest BCUT2D eigenvalue weighted by Gasteiger charge is 2.21. The third-order valence-electron chi connectivity index (χ3n) is 4.14. The molecule has 0 fully saturated rings. The lowest BCUT2D eigenvalue weighted by molar-refractivity contribution is -0.385. The molecule has 4 nitrogen and oxygen atoms in total. The van der Waals surface area contributed by atoms with Crippen LogP contribution < -0.4 is 5.32 Å². The Balaban J connectivity index is 2.76. The summed E-state index contributed by atoms with van der Waals surface area (Å²) >= 11 is 0. The monoisotopic (exact) mass is 278 g/mol. The van der Waals surface area contributed by atoms with Crippen LogP contribution in [-0.2, 0) is 0 Å². The van der Waals surface area contributed by atoms with Crippen LogP contribution in [0.25, 0.3) is 0 Å². The molecule has 20 heavy (non-hydrogen) atoms. The third-order valence-corrected chi connectivity index (χ3v) is 4.14. The first-order valence-electron chi connectivity index (χ1n) is 7.11. The molecule has 0 heterocycles. The molecule has 0 aliphatic rings. The van der Waals surface area contributed by atoms with Crippen molar-refractivity contribution in [1.82, 2.24) is 5.32 Å². The summed E-state index contributed by atoms with van der Waals surface area (Å²) in [5, 5.41) is 14.4. The summed E-state index contributed by atoms with van der Waals surface area (Å²) < 4.78 is 0. The van der Waals surface area contributed by atoms with E-state index >= 15 is 0 Å². The molecule has 0 radical (unpaired) electrons. The van der Waals surface area contributed by atoms with Gasteiger partial charge in [-0.3, -0.25) is 10.1 Å². The second-order valence-corrected chi connectivity index (χ2v) is 6.70. The molecule has 1 N–H and O–H groups in total. The van der Waals surface area contributed by atoms with Crippen LogP contribution in [0.1, 0.15) is 51.8 Å². The van der Waals surface area contributed by atoms with Gasteiger partial charge in [-0.2, -0.15) is 0 Å². The number of nitrogens with one attached hydrogen (secondary N) is 1. The summed E-state index contributed by atoms with van der Waals surface area (Å²) in [5.41, 5.74) is 2.11. The second kappa shape index (κ2) is 6.35. The number of aryl methyl sites for hydroxylation is 1. The average molecular weight is 278 g/mol. The average Bonchev–Trinajstić information content (AvgIpc) is 2.34. The van der Waals surface area contributed by atoms with Gasteiger partial charge in [-0.05, 0) is 37.3 Å². The predicted octanol–water partition coefficient (Wildman–Crippen LogP) is 4.24. The molecule has 2 unspecified atom stereocenters. The molecule has 1 aromatic rings. The Kier molecular flexibility index (Phi) is 5.28. The second-order valence-electron chi connectivity index (χ2n) is 6.70. The maximum absolute atomic E-state index is 11.0. The molecule has 0 aromatic heterocycles. The van der Waals surface area contributed by atoms with Crippen molar-refractivity contribution in [3.05, 3.63) is 39.4 Å². The fourth-order valence-electron chi connectivity index (χ4n) is 1.87. The molecule has 1 aromatic carbocycles. The van der Waals surface area contributed by atoms with Gasteiger partial charge in [0.05, 0.1) is 4.92 Å². The Hall–Kier alpha value is -1.42. The predicted molar refractivity (Wildman–Crippen MR) is 82.9 cm³/mol. The van der Waals surface area contributed by atoms with Gasteiger partial charge in [-0.25, -0.2) is 0 Å². The van der Waals surface area contributed by atoms with Gasteiger partial charge in [0.2, 0.25) is 0 Å². The molecule has 0 saturated carbocycles. The number of hydrogen-bond acceptors (Lipinski definition) is 3. The van der Waals surface area contributed by atoms with Gasteiger partial charge in [0.1, 0.15) is 0 Å². The van der Waals surface area contributed by atoms with E-state index in [2.05, 4.69) is 33.0 Å². The number of nitro benzene ring substituents is 1. The van der Waals surface area contributed by atoms with E-state index in [0.29, 0.717) is 11.5 Å². The van der Waals surface area contributed by atoms with Gasteiger partial charge in [0, 0.05) is 17.7 Å². The minimum Gasteiger partial charge on any atom is -0.310 e. The molecular formula is C16H26N2O2. The highest BCUT2D eigenvalue weighted by Crippen LogP contribution is 2.26. The standard InChI is InChI=1S/C16H26N2O2/c1-11-7-8-14(9-15(11)18(19)20)13(3)17-10-12(2)16(4,5)6/h7-9,12-13,17H,10H2,1-6H3. The van der Waals surface area contributed by atoms with E-state index in [1.807, 2.05) is 19.1 Å². The number of nitrogens with zero attached hydrogens (tertiary/aromatic N) is 1. The summed E-state index contributed by atoms with van der Waals surface area (Å²) in [5.74, 6) is 0.533. The van der Waals surface area contributed by atoms with Gasteiger partial charge in [0.15, 0.2) is 0 Å². The third kappa shape index (κ3) is 4.30. The van der Waals surface area contributed by atoms with E-state index in [1.54, 1.807) is 13.0 Å². The normalized spacial score (nSPS) is 14.9. The van der Waals surface area contributed by atoms with Gasteiger partial charge in [-0.1, -0.05) is 39.8 Å². The Labute approximate surface area is 121 Å². The molecule has 0 saturated heterocycles. The SMILES string of the molecule is Cc1ccc(C(C)NCC(C)C(C)(C)C)cc1[N+](=O)[O-]. The Morgan fingerprint density at radius 3 is 2.40 bits per heavy atom. The lowest BCUT2D eigenvalue weighted by atomic mass is 9.82. The minimum atomic E-state index is -0.316. The zero-order valence-electron chi connectivity index (χ0n) is 13.4. The Morgan fingerprint density at radius 1 is 1.30 bits per heavy atom. The molecule has 112 valence electrons. The van der Waals surface area contributed by atoms with E-state index in [4.69, 9.17) is 0 Å². The molecule has 0 bridgehead atoms. The van der Waals surface area contributed by atoms with Crippen LogP contribution in [0, 0.1) is 28.4 Å².